The van der Waals surface area contributed by atoms with Gasteiger partial charge in [-0.05, 0) is 43.2 Å². The minimum atomic E-state index is -0.726. The van der Waals surface area contributed by atoms with Crippen LogP contribution in [0.3, 0.4) is 0 Å². The average molecular weight is 490 g/mol. The zero-order valence-corrected chi connectivity index (χ0v) is 20.9. The van der Waals surface area contributed by atoms with Gasteiger partial charge in [0.15, 0.2) is 11.5 Å². The molecule has 4 aromatic carbocycles. The summed E-state index contributed by atoms with van der Waals surface area (Å²) in [6.45, 7) is 4.00. The number of ketones is 1. The SMILES string of the molecule is Cc1cccc(Nc2cc(N(C)C(C)C(O)c3ccccc3)c3noc4c3c2C(=O)c2ccccc2-4)c1. The normalized spacial score (nSPS) is 13.8. The highest BCUT2D eigenvalue weighted by molar-refractivity contribution is 6.28. The number of anilines is 3. The number of aromatic nitrogens is 1. The van der Waals surface area contributed by atoms with E-state index in [4.69, 9.17) is 4.52 Å². The Morgan fingerprint density at radius 1 is 0.946 bits per heavy atom. The molecule has 6 rings (SSSR count). The zero-order chi connectivity index (χ0) is 25.7. The summed E-state index contributed by atoms with van der Waals surface area (Å²) in [4.78, 5) is 15.8. The van der Waals surface area contributed by atoms with E-state index in [9.17, 15) is 9.90 Å². The third-order valence-corrected chi connectivity index (χ3v) is 7.26. The van der Waals surface area contributed by atoms with Crippen molar-refractivity contribution in [3.63, 3.8) is 0 Å². The Labute approximate surface area is 215 Å². The fraction of sp³-hybridized carbons (Fsp3) is 0.161. The number of rotatable bonds is 6. The Morgan fingerprint density at radius 3 is 2.43 bits per heavy atom. The molecule has 0 saturated heterocycles. The van der Waals surface area contributed by atoms with E-state index in [1.54, 1.807) is 0 Å². The van der Waals surface area contributed by atoms with Crippen LogP contribution in [0.1, 0.15) is 40.1 Å². The van der Waals surface area contributed by atoms with Gasteiger partial charge < -0.3 is 19.8 Å². The zero-order valence-electron chi connectivity index (χ0n) is 20.9. The van der Waals surface area contributed by atoms with Crippen LogP contribution in [0.15, 0.2) is 89.5 Å². The van der Waals surface area contributed by atoms with E-state index in [0.29, 0.717) is 33.5 Å². The number of benzene rings is 4. The maximum absolute atomic E-state index is 13.8. The van der Waals surface area contributed by atoms with Crippen molar-refractivity contribution < 1.29 is 14.4 Å². The Balaban J connectivity index is 1.54. The first-order valence-electron chi connectivity index (χ1n) is 12.3. The topological polar surface area (TPSA) is 78.6 Å². The smallest absolute Gasteiger partial charge is 0.196 e. The van der Waals surface area contributed by atoms with Crippen molar-refractivity contribution in [1.82, 2.24) is 5.16 Å². The van der Waals surface area contributed by atoms with Gasteiger partial charge in [-0.25, -0.2) is 0 Å². The highest BCUT2D eigenvalue weighted by Crippen LogP contribution is 2.46. The number of aliphatic hydroxyl groups is 1. The molecule has 0 saturated carbocycles. The van der Waals surface area contributed by atoms with Gasteiger partial charge in [0.1, 0.15) is 5.52 Å². The van der Waals surface area contributed by atoms with Gasteiger partial charge in [-0.2, -0.15) is 0 Å². The Kier molecular flexibility index (Phi) is 5.54. The molecule has 0 fully saturated rings. The van der Waals surface area contributed by atoms with E-state index < -0.39 is 6.10 Å². The molecule has 37 heavy (non-hydrogen) atoms. The first kappa shape index (κ1) is 23.0. The van der Waals surface area contributed by atoms with Gasteiger partial charge in [0.25, 0.3) is 0 Å². The fourth-order valence-electron chi connectivity index (χ4n) is 5.15. The summed E-state index contributed by atoms with van der Waals surface area (Å²) < 4.78 is 5.89. The number of hydrogen-bond donors (Lipinski definition) is 2. The summed E-state index contributed by atoms with van der Waals surface area (Å²) >= 11 is 0. The van der Waals surface area contributed by atoms with Crippen molar-refractivity contribution in [3.8, 4) is 11.3 Å². The lowest BCUT2D eigenvalue weighted by atomic mass is 9.86. The van der Waals surface area contributed by atoms with Gasteiger partial charge >= 0.3 is 0 Å². The lowest BCUT2D eigenvalue weighted by molar-refractivity contribution is 0.104. The van der Waals surface area contributed by atoms with Crippen molar-refractivity contribution in [3.05, 3.63) is 107 Å². The molecule has 0 spiro atoms. The van der Waals surface area contributed by atoms with Gasteiger partial charge in [0, 0.05) is 23.9 Å². The van der Waals surface area contributed by atoms with E-state index in [0.717, 1.165) is 28.1 Å². The molecule has 1 heterocycles. The molecule has 2 atom stereocenters. The molecule has 6 heteroatoms. The van der Waals surface area contributed by atoms with Crippen LogP contribution < -0.4 is 10.2 Å². The van der Waals surface area contributed by atoms with Crippen molar-refractivity contribution in [2.45, 2.75) is 26.0 Å². The number of nitrogens with one attached hydrogen (secondary N) is 1. The number of fused-ring (bicyclic) bond motifs is 2. The van der Waals surface area contributed by atoms with Crippen LogP contribution in [0, 0.1) is 6.92 Å². The minimum Gasteiger partial charge on any atom is -0.386 e. The number of carbonyl (C=O) groups is 1. The maximum Gasteiger partial charge on any atom is 0.196 e. The second kappa shape index (κ2) is 8.91. The third kappa shape index (κ3) is 3.77. The predicted molar refractivity (Wildman–Crippen MR) is 147 cm³/mol. The molecular formula is C31H27N3O3. The predicted octanol–water partition coefficient (Wildman–Crippen LogP) is 6.65. The first-order valence-corrected chi connectivity index (χ1v) is 12.3. The standard InChI is InChI=1S/C31H27N3O3/c1-18-10-9-13-21(16-18)32-24-17-25(34(3)19(2)29(35)20-11-5-4-6-12-20)28-27-26(24)30(36)22-14-7-8-15-23(22)31(27)37-33-28/h4-17,19,29,32,35H,1-3H3. The van der Waals surface area contributed by atoms with Crippen molar-refractivity contribution in [1.29, 1.82) is 0 Å². The van der Waals surface area contributed by atoms with E-state index in [1.807, 2.05) is 111 Å². The fourth-order valence-corrected chi connectivity index (χ4v) is 5.15. The molecular weight excluding hydrogens is 462 g/mol. The van der Waals surface area contributed by atoms with Crippen LogP contribution in [0.4, 0.5) is 17.1 Å². The molecule has 0 radical (unpaired) electrons. The van der Waals surface area contributed by atoms with Crippen LogP contribution in [0.2, 0.25) is 0 Å². The number of hydrogen-bond acceptors (Lipinski definition) is 6. The van der Waals surface area contributed by atoms with Crippen molar-refractivity contribution in [2.75, 3.05) is 17.3 Å². The van der Waals surface area contributed by atoms with Crippen LogP contribution in [0.25, 0.3) is 22.2 Å². The summed E-state index contributed by atoms with van der Waals surface area (Å²) in [6, 6.07) is 26.8. The summed E-state index contributed by atoms with van der Waals surface area (Å²) in [5, 5.41) is 19.8. The number of likely N-dealkylation sites (N-methyl/N-ethyl adjacent to an activating group) is 1. The molecule has 1 aliphatic rings. The Morgan fingerprint density at radius 2 is 1.68 bits per heavy atom. The molecule has 2 N–H and O–H groups in total. The Bertz CT molecular complexity index is 1640. The van der Waals surface area contributed by atoms with Crippen LogP contribution in [0.5, 0.6) is 0 Å². The molecule has 0 aliphatic heterocycles. The Hall–Kier alpha value is -4.42. The number of nitrogens with zero attached hydrogens (tertiary/aromatic N) is 2. The molecule has 1 aliphatic carbocycles. The second-order valence-electron chi connectivity index (χ2n) is 9.63. The second-order valence-corrected chi connectivity index (χ2v) is 9.63. The highest BCUT2D eigenvalue weighted by atomic mass is 16.5. The van der Waals surface area contributed by atoms with E-state index in [-0.39, 0.29) is 11.8 Å². The summed E-state index contributed by atoms with van der Waals surface area (Å²) in [7, 11) is 1.93. The lowest BCUT2D eigenvalue weighted by Gasteiger charge is -2.32. The average Bonchev–Trinajstić information content (AvgIpc) is 3.36. The molecule has 0 bridgehead atoms. The number of carbonyl (C=O) groups excluding carboxylic acids is 1. The number of aryl methyl sites for hydroxylation is 1. The molecule has 184 valence electrons. The van der Waals surface area contributed by atoms with E-state index in [2.05, 4.69) is 10.5 Å². The van der Waals surface area contributed by atoms with Gasteiger partial charge in [0.05, 0.1) is 34.5 Å². The first-order chi connectivity index (χ1) is 17.9. The third-order valence-electron chi connectivity index (χ3n) is 7.26. The van der Waals surface area contributed by atoms with E-state index in [1.165, 1.54) is 0 Å². The van der Waals surface area contributed by atoms with Gasteiger partial charge in [-0.15, -0.1) is 0 Å². The lowest BCUT2D eigenvalue weighted by Crippen LogP contribution is -2.34. The monoisotopic (exact) mass is 489 g/mol. The summed E-state index contributed by atoms with van der Waals surface area (Å²) in [5.74, 6) is 0.511. The summed E-state index contributed by atoms with van der Waals surface area (Å²) in [5.41, 5.74) is 6.72. The largest absolute Gasteiger partial charge is 0.386 e. The van der Waals surface area contributed by atoms with Crippen molar-refractivity contribution in [2.24, 2.45) is 0 Å². The van der Waals surface area contributed by atoms with Crippen LogP contribution >= 0.6 is 0 Å². The molecule has 5 aromatic rings. The summed E-state index contributed by atoms with van der Waals surface area (Å²) in [6.07, 6.45) is -0.726. The van der Waals surface area contributed by atoms with Crippen LogP contribution in [-0.2, 0) is 0 Å². The highest BCUT2D eigenvalue weighted by Gasteiger charge is 2.34. The number of aliphatic hydroxyl groups excluding tert-OH is 1. The van der Waals surface area contributed by atoms with Crippen molar-refractivity contribution >= 4 is 33.7 Å². The van der Waals surface area contributed by atoms with Gasteiger partial charge in [-0.3, -0.25) is 4.79 Å². The van der Waals surface area contributed by atoms with E-state index >= 15 is 0 Å². The van der Waals surface area contributed by atoms with Gasteiger partial charge in [0.2, 0.25) is 0 Å². The maximum atomic E-state index is 13.8. The quantitative estimate of drug-likeness (QED) is 0.273. The molecule has 0 amide bonds. The molecule has 2 unspecified atom stereocenters. The van der Waals surface area contributed by atoms with Crippen LogP contribution in [-0.4, -0.2) is 29.1 Å². The molecule has 6 nitrogen and oxygen atoms in total. The van der Waals surface area contributed by atoms with Gasteiger partial charge in [-0.1, -0.05) is 71.9 Å². The minimum absolute atomic E-state index is 0.0713. The molecule has 1 aromatic heterocycles.